The van der Waals surface area contributed by atoms with Gasteiger partial charge >= 0.3 is 0 Å². The molecule has 208 valence electrons. The zero-order chi connectivity index (χ0) is 27.7. The summed E-state index contributed by atoms with van der Waals surface area (Å²) in [6.45, 7) is 0.0622. The zero-order valence-corrected chi connectivity index (χ0v) is 22.8. The van der Waals surface area contributed by atoms with Gasteiger partial charge in [-0.05, 0) is 81.5 Å². The Morgan fingerprint density at radius 1 is 1.05 bits per heavy atom. The maximum Gasteiger partial charge on any atom is 0.256 e. The molecule has 2 fully saturated rings. The van der Waals surface area contributed by atoms with Gasteiger partial charge in [-0.1, -0.05) is 23.2 Å². The Labute approximate surface area is 234 Å². The van der Waals surface area contributed by atoms with Crippen LogP contribution < -0.4 is 15.5 Å². The molecule has 5 rings (SSSR count). The number of halogens is 4. The van der Waals surface area contributed by atoms with Gasteiger partial charge in [-0.25, -0.2) is 8.78 Å². The van der Waals surface area contributed by atoms with Gasteiger partial charge in [0.2, 0.25) is 5.43 Å². The van der Waals surface area contributed by atoms with Crippen molar-refractivity contribution in [3.63, 3.8) is 0 Å². The van der Waals surface area contributed by atoms with Crippen LogP contribution in [-0.4, -0.2) is 34.3 Å². The first-order chi connectivity index (χ1) is 18.7. The summed E-state index contributed by atoms with van der Waals surface area (Å²) in [5.41, 5.74) is 0.0574. The van der Waals surface area contributed by atoms with Crippen LogP contribution in [-0.2, 0) is 0 Å². The molecule has 2 aromatic carbocycles. The summed E-state index contributed by atoms with van der Waals surface area (Å²) in [7, 11) is 0. The van der Waals surface area contributed by atoms with Gasteiger partial charge in [-0.3, -0.25) is 9.59 Å². The summed E-state index contributed by atoms with van der Waals surface area (Å²) < 4.78 is 35.0. The number of fused-ring (bicyclic) bond motifs is 1. The maximum atomic E-state index is 14.2. The number of carbonyl (C=O) groups is 1. The van der Waals surface area contributed by atoms with Crippen molar-refractivity contribution in [2.75, 3.05) is 6.61 Å². The number of ether oxygens (including phenoxy) is 1. The minimum atomic E-state index is -0.685. The SMILES string of the molecule is O=C(NC1CCC(CC[C@@H](O)COc2ccc(Cl)c(F)c2)CC1)c1cn(C2CC2)c2cc(Cl)c(F)cc2c1=O. The molecule has 10 heteroatoms. The molecular formula is C29H30Cl2F2N2O4. The first kappa shape index (κ1) is 27.9. The smallest absolute Gasteiger partial charge is 0.256 e. The van der Waals surface area contributed by atoms with E-state index in [1.165, 1.54) is 18.2 Å². The molecule has 1 amide bonds. The molecule has 2 aliphatic rings. The third-order valence-electron chi connectivity index (χ3n) is 7.68. The van der Waals surface area contributed by atoms with Crippen LogP contribution in [0.15, 0.2) is 41.3 Å². The highest BCUT2D eigenvalue weighted by Gasteiger charge is 2.29. The molecule has 39 heavy (non-hydrogen) atoms. The van der Waals surface area contributed by atoms with Crippen LogP contribution in [0.1, 0.15) is 67.8 Å². The van der Waals surface area contributed by atoms with Crippen LogP contribution in [0.5, 0.6) is 5.75 Å². The minimum Gasteiger partial charge on any atom is -0.491 e. The Morgan fingerprint density at radius 3 is 2.46 bits per heavy atom. The molecule has 0 radical (unpaired) electrons. The second-order valence-corrected chi connectivity index (χ2v) is 11.4. The van der Waals surface area contributed by atoms with E-state index in [2.05, 4.69) is 5.32 Å². The van der Waals surface area contributed by atoms with E-state index in [4.69, 9.17) is 27.9 Å². The van der Waals surface area contributed by atoms with E-state index >= 15 is 0 Å². The largest absolute Gasteiger partial charge is 0.491 e. The number of rotatable bonds is 9. The number of aliphatic hydroxyl groups is 1. The number of benzene rings is 2. The predicted octanol–water partition coefficient (Wildman–Crippen LogP) is 6.43. The second-order valence-electron chi connectivity index (χ2n) is 10.6. The third kappa shape index (κ3) is 6.56. The highest BCUT2D eigenvalue weighted by atomic mass is 35.5. The van der Waals surface area contributed by atoms with Gasteiger partial charge < -0.3 is 19.7 Å². The van der Waals surface area contributed by atoms with E-state index in [1.807, 2.05) is 4.57 Å². The molecule has 0 aliphatic heterocycles. The Bertz CT molecular complexity index is 1440. The third-order valence-corrected chi connectivity index (χ3v) is 8.28. The molecule has 0 unspecified atom stereocenters. The Morgan fingerprint density at radius 2 is 1.77 bits per heavy atom. The molecule has 3 aromatic rings. The summed E-state index contributed by atoms with van der Waals surface area (Å²) in [5, 5.41) is 13.4. The van der Waals surface area contributed by atoms with E-state index in [0.29, 0.717) is 23.6 Å². The fourth-order valence-electron chi connectivity index (χ4n) is 5.29. The van der Waals surface area contributed by atoms with Gasteiger partial charge in [0.15, 0.2) is 0 Å². The van der Waals surface area contributed by atoms with Crippen LogP contribution >= 0.6 is 23.2 Å². The number of aromatic nitrogens is 1. The number of pyridine rings is 1. The molecule has 2 saturated carbocycles. The fourth-order valence-corrected chi connectivity index (χ4v) is 5.57. The monoisotopic (exact) mass is 578 g/mol. The quantitative estimate of drug-likeness (QED) is 0.306. The van der Waals surface area contributed by atoms with E-state index in [-0.39, 0.29) is 39.7 Å². The molecule has 2 N–H and O–H groups in total. The van der Waals surface area contributed by atoms with E-state index in [0.717, 1.165) is 51.0 Å². The molecule has 1 atom stereocenters. The van der Waals surface area contributed by atoms with E-state index in [9.17, 15) is 23.5 Å². The lowest BCUT2D eigenvalue weighted by atomic mass is 9.83. The number of nitrogens with one attached hydrogen (secondary N) is 1. The summed E-state index contributed by atoms with van der Waals surface area (Å²) in [5.74, 6) is -0.977. The lowest BCUT2D eigenvalue weighted by Crippen LogP contribution is -2.40. The number of aliphatic hydroxyl groups excluding tert-OH is 1. The number of nitrogens with zero attached hydrogens (tertiary/aromatic N) is 1. The molecule has 1 heterocycles. The average Bonchev–Trinajstić information content (AvgIpc) is 3.76. The molecular weight excluding hydrogens is 549 g/mol. The van der Waals surface area contributed by atoms with Crippen molar-refractivity contribution in [2.24, 2.45) is 5.92 Å². The van der Waals surface area contributed by atoms with Crippen LogP contribution in [0.4, 0.5) is 8.78 Å². The molecule has 0 saturated heterocycles. The standard InChI is InChI=1S/C29H30Cl2F2N2O4/c30-23-10-9-20(11-25(23)32)39-15-19(36)8-3-16-1-4-17(5-2-16)34-29(38)22-14-35(18-6-7-18)27-13-24(31)26(33)12-21(27)28(22)37/h9-14,16-19,36H,1-8,15H2,(H,34,38)/t16?,17?,19-/m1/s1. The minimum absolute atomic E-state index is 0.0157. The number of hydrogen-bond acceptors (Lipinski definition) is 4. The Balaban J connectivity index is 1.13. The van der Waals surface area contributed by atoms with Crippen LogP contribution in [0, 0.1) is 17.6 Å². The molecule has 1 aromatic heterocycles. The summed E-state index contributed by atoms with van der Waals surface area (Å²) >= 11 is 11.6. The summed E-state index contributed by atoms with van der Waals surface area (Å²) in [6.07, 6.45) is 7.42. The Hall–Kier alpha value is -2.68. The first-order valence-electron chi connectivity index (χ1n) is 13.3. The van der Waals surface area contributed by atoms with Gasteiger partial charge in [-0.15, -0.1) is 0 Å². The van der Waals surface area contributed by atoms with Crippen LogP contribution in [0.25, 0.3) is 10.9 Å². The maximum absolute atomic E-state index is 14.2. The number of carbonyl (C=O) groups excluding carboxylic acids is 1. The van der Waals surface area contributed by atoms with Crippen molar-refractivity contribution in [1.82, 2.24) is 9.88 Å². The molecule has 0 spiro atoms. The molecule has 0 bridgehead atoms. The topological polar surface area (TPSA) is 80.6 Å². The molecule has 6 nitrogen and oxygen atoms in total. The van der Waals surface area contributed by atoms with Crippen LogP contribution in [0.3, 0.4) is 0 Å². The van der Waals surface area contributed by atoms with Crippen molar-refractivity contribution in [3.05, 3.63) is 74.0 Å². The van der Waals surface area contributed by atoms with Crippen molar-refractivity contribution in [3.8, 4) is 5.75 Å². The predicted molar refractivity (Wildman–Crippen MR) is 147 cm³/mol. The highest BCUT2D eigenvalue weighted by molar-refractivity contribution is 6.31. The van der Waals surface area contributed by atoms with Gasteiger partial charge in [0, 0.05) is 29.7 Å². The van der Waals surface area contributed by atoms with Crippen molar-refractivity contribution in [2.45, 2.75) is 69.6 Å². The number of hydrogen-bond donors (Lipinski definition) is 2. The first-order valence-corrected chi connectivity index (χ1v) is 14.1. The normalized spacial score (nSPS) is 20.1. The lowest BCUT2D eigenvalue weighted by Gasteiger charge is -2.29. The highest BCUT2D eigenvalue weighted by Crippen LogP contribution is 2.38. The van der Waals surface area contributed by atoms with E-state index < -0.39 is 29.1 Å². The Kier molecular flexibility index (Phi) is 8.45. The van der Waals surface area contributed by atoms with Crippen molar-refractivity contribution >= 4 is 40.0 Å². The summed E-state index contributed by atoms with van der Waals surface area (Å²) in [4.78, 5) is 26.2. The van der Waals surface area contributed by atoms with Gasteiger partial charge in [0.05, 0.1) is 21.7 Å². The fraction of sp³-hybridized carbons (Fsp3) is 0.448. The number of amides is 1. The zero-order valence-electron chi connectivity index (χ0n) is 21.3. The lowest BCUT2D eigenvalue weighted by molar-refractivity contribution is 0.0875. The van der Waals surface area contributed by atoms with Gasteiger partial charge in [0.1, 0.15) is 29.6 Å². The average molecular weight is 579 g/mol. The van der Waals surface area contributed by atoms with Gasteiger partial charge in [-0.2, -0.15) is 0 Å². The molecule has 2 aliphatic carbocycles. The van der Waals surface area contributed by atoms with Crippen molar-refractivity contribution < 1.29 is 23.4 Å². The van der Waals surface area contributed by atoms with Gasteiger partial charge in [0.25, 0.3) is 5.91 Å². The van der Waals surface area contributed by atoms with E-state index in [1.54, 1.807) is 12.3 Å². The van der Waals surface area contributed by atoms with Crippen molar-refractivity contribution in [1.29, 1.82) is 0 Å². The van der Waals surface area contributed by atoms with Crippen LogP contribution in [0.2, 0.25) is 10.0 Å². The second kappa shape index (κ2) is 11.8. The summed E-state index contributed by atoms with van der Waals surface area (Å²) in [6, 6.07) is 6.84.